The fraction of sp³-hybridized carbons (Fsp3) is 0.400. The topological polar surface area (TPSA) is 137 Å². The number of amides is 2. The van der Waals surface area contributed by atoms with E-state index >= 15 is 0 Å². The number of ketones is 2. The van der Waals surface area contributed by atoms with E-state index in [-0.39, 0.29) is 28.7 Å². The van der Waals surface area contributed by atoms with Crippen molar-refractivity contribution < 1.29 is 33.2 Å². The van der Waals surface area contributed by atoms with E-state index in [0.717, 1.165) is 0 Å². The van der Waals surface area contributed by atoms with Gasteiger partial charge >= 0.3 is 6.09 Å². The number of ether oxygens (including phenoxy) is 2. The molecule has 1 aliphatic rings. The Kier molecular flexibility index (Phi) is 6.92. The van der Waals surface area contributed by atoms with Crippen LogP contribution in [0, 0.1) is 0 Å². The van der Waals surface area contributed by atoms with Gasteiger partial charge in [-0.3, -0.25) is 19.7 Å². The lowest BCUT2D eigenvalue weighted by atomic mass is 10.00. The number of methoxy groups -OCH3 is 1. The number of carbonyl (C=O) groups excluding carboxylic acids is 4. The molecule has 1 aromatic heterocycles. The van der Waals surface area contributed by atoms with Gasteiger partial charge in [0.05, 0.1) is 12.0 Å². The molecule has 0 unspecified atom stereocenters. The molecule has 2 rings (SSSR count). The van der Waals surface area contributed by atoms with Crippen LogP contribution in [-0.2, 0) is 9.47 Å². The van der Waals surface area contributed by atoms with Crippen molar-refractivity contribution >= 4 is 35.3 Å². The molecule has 1 aromatic rings. The quantitative estimate of drug-likeness (QED) is 0.492. The van der Waals surface area contributed by atoms with Crippen molar-refractivity contribution in [2.45, 2.75) is 6.42 Å². The summed E-state index contributed by atoms with van der Waals surface area (Å²) < 4.78 is 14.4. The number of alkyl carbamates (subject to hydrolysis) is 1. The number of hydrogen-bond donors (Lipinski definition) is 2. The number of thioether (sulfide) groups is 1. The molecule has 11 heteroatoms. The van der Waals surface area contributed by atoms with Crippen LogP contribution in [-0.4, -0.2) is 62.0 Å². The molecule has 0 aliphatic heterocycles. The van der Waals surface area contributed by atoms with Crippen molar-refractivity contribution in [1.82, 2.24) is 15.8 Å². The lowest BCUT2D eigenvalue weighted by molar-refractivity contribution is 0.0944. The second-order valence-electron chi connectivity index (χ2n) is 4.94. The van der Waals surface area contributed by atoms with E-state index in [1.165, 1.54) is 32.0 Å². The SMILES string of the molecule is CNC(=O)c1noc2c1C(=O)C(SCCCOCNC(=O)OC)=CC2=O. The maximum atomic E-state index is 12.5. The average Bonchev–Trinajstić information content (AvgIpc) is 3.09. The molecular weight excluding hydrogens is 366 g/mol. The van der Waals surface area contributed by atoms with Gasteiger partial charge in [0.15, 0.2) is 5.69 Å². The van der Waals surface area contributed by atoms with Crippen LogP contribution in [0.25, 0.3) is 0 Å². The van der Waals surface area contributed by atoms with E-state index in [2.05, 4.69) is 20.5 Å². The van der Waals surface area contributed by atoms with Crippen LogP contribution in [0.5, 0.6) is 0 Å². The predicted molar refractivity (Wildman–Crippen MR) is 90.1 cm³/mol. The van der Waals surface area contributed by atoms with Gasteiger partial charge < -0.3 is 19.3 Å². The molecule has 0 aromatic carbocycles. The minimum atomic E-state index is -0.603. The first-order chi connectivity index (χ1) is 12.5. The largest absolute Gasteiger partial charge is 0.453 e. The monoisotopic (exact) mass is 383 g/mol. The van der Waals surface area contributed by atoms with Crippen LogP contribution >= 0.6 is 11.8 Å². The highest BCUT2D eigenvalue weighted by Gasteiger charge is 2.35. The van der Waals surface area contributed by atoms with E-state index in [9.17, 15) is 19.2 Å². The molecule has 1 heterocycles. The first-order valence-electron chi connectivity index (χ1n) is 7.54. The molecule has 2 amide bonds. The molecule has 0 saturated carbocycles. The Bertz CT molecular complexity index is 756. The Balaban J connectivity index is 1.87. The third-order valence-electron chi connectivity index (χ3n) is 3.27. The highest BCUT2D eigenvalue weighted by atomic mass is 32.2. The zero-order chi connectivity index (χ0) is 19.1. The van der Waals surface area contributed by atoms with Crippen LogP contribution in [0.1, 0.15) is 37.8 Å². The molecule has 0 bridgehead atoms. The molecule has 0 fully saturated rings. The molecule has 0 saturated heterocycles. The van der Waals surface area contributed by atoms with Crippen molar-refractivity contribution in [3.05, 3.63) is 28.0 Å². The van der Waals surface area contributed by atoms with Crippen molar-refractivity contribution in [3.63, 3.8) is 0 Å². The lowest BCUT2D eigenvalue weighted by Gasteiger charge is -2.11. The maximum Gasteiger partial charge on any atom is 0.408 e. The number of rotatable bonds is 8. The van der Waals surface area contributed by atoms with Gasteiger partial charge in [-0.15, -0.1) is 11.8 Å². The lowest BCUT2D eigenvalue weighted by Crippen LogP contribution is -2.26. The Morgan fingerprint density at radius 1 is 1.35 bits per heavy atom. The summed E-state index contributed by atoms with van der Waals surface area (Å²) in [6, 6.07) is 0. The summed E-state index contributed by atoms with van der Waals surface area (Å²) in [7, 11) is 2.64. The molecule has 140 valence electrons. The predicted octanol–water partition coefficient (Wildman–Crippen LogP) is 0.750. The third kappa shape index (κ3) is 4.49. The first-order valence-corrected chi connectivity index (χ1v) is 8.53. The van der Waals surface area contributed by atoms with Gasteiger partial charge in [0.1, 0.15) is 12.3 Å². The standard InChI is InChI=1S/C15H17N3O7S/c1-16-14(21)11-10-12(20)9(6-8(19)13(10)25-18-11)26-5-3-4-24-7-17-15(22)23-2/h6H,3-5,7H2,1-2H3,(H,16,21)(H,17,22). The average molecular weight is 383 g/mol. The van der Waals surface area contributed by atoms with E-state index in [1.807, 2.05) is 0 Å². The van der Waals surface area contributed by atoms with Crippen molar-refractivity contribution in [3.8, 4) is 0 Å². The molecular formula is C15H17N3O7S. The van der Waals surface area contributed by atoms with Crippen LogP contribution in [0.3, 0.4) is 0 Å². The highest BCUT2D eigenvalue weighted by molar-refractivity contribution is 8.04. The highest BCUT2D eigenvalue weighted by Crippen LogP contribution is 2.30. The summed E-state index contributed by atoms with van der Waals surface area (Å²) in [5.41, 5.74) is -0.317. The van der Waals surface area contributed by atoms with Crippen molar-refractivity contribution in [2.24, 2.45) is 0 Å². The normalized spacial score (nSPS) is 13.1. The van der Waals surface area contributed by atoms with Crippen molar-refractivity contribution in [1.29, 1.82) is 0 Å². The number of nitrogens with zero attached hydrogens (tertiary/aromatic N) is 1. The van der Waals surface area contributed by atoms with Crippen LogP contribution in [0.2, 0.25) is 0 Å². The summed E-state index contributed by atoms with van der Waals surface area (Å²) >= 11 is 1.17. The molecule has 1 aliphatic carbocycles. The Hall–Kier alpha value is -2.66. The summed E-state index contributed by atoms with van der Waals surface area (Å²) in [5, 5.41) is 8.22. The van der Waals surface area contributed by atoms with E-state index in [0.29, 0.717) is 18.8 Å². The fourth-order valence-corrected chi connectivity index (χ4v) is 2.93. The van der Waals surface area contributed by atoms with Gasteiger partial charge in [-0.05, 0) is 6.42 Å². The minimum Gasteiger partial charge on any atom is -0.453 e. The van der Waals surface area contributed by atoms with Gasteiger partial charge in [0.2, 0.25) is 17.3 Å². The number of carbonyl (C=O) groups is 4. The number of fused-ring (bicyclic) bond motifs is 1. The summed E-state index contributed by atoms with van der Waals surface area (Å²) in [6.07, 6.45) is 1.16. The number of aromatic nitrogens is 1. The second-order valence-corrected chi connectivity index (χ2v) is 6.08. The Morgan fingerprint density at radius 2 is 2.12 bits per heavy atom. The van der Waals surface area contributed by atoms with Gasteiger partial charge in [-0.25, -0.2) is 4.79 Å². The van der Waals surface area contributed by atoms with Crippen LogP contribution < -0.4 is 10.6 Å². The molecule has 26 heavy (non-hydrogen) atoms. The maximum absolute atomic E-state index is 12.5. The molecule has 10 nitrogen and oxygen atoms in total. The number of Topliss-reactive ketones (excluding diaryl/α,β-unsaturated/α-hetero) is 1. The number of allylic oxidation sites excluding steroid dienone is 2. The fourth-order valence-electron chi connectivity index (χ4n) is 2.02. The zero-order valence-electron chi connectivity index (χ0n) is 14.1. The van der Waals surface area contributed by atoms with Gasteiger partial charge in [-0.1, -0.05) is 5.16 Å². The molecule has 2 N–H and O–H groups in total. The van der Waals surface area contributed by atoms with E-state index < -0.39 is 23.6 Å². The zero-order valence-corrected chi connectivity index (χ0v) is 14.9. The van der Waals surface area contributed by atoms with Crippen LogP contribution in [0.4, 0.5) is 4.79 Å². The number of hydrogen-bond acceptors (Lipinski definition) is 9. The Labute approximate surface area is 152 Å². The minimum absolute atomic E-state index is 0.0109. The van der Waals surface area contributed by atoms with E-state index in [1.54, 1.807) is 0 Å². The van der Waals surface area contributed by atoms with Crippen molar-refractivity contribution in [2.75, 3.05) is 33.2 Å². The third-order valence-corrected chi connectivity index (χ3v) is 4.37. The second kappa shape index (κ2) is 9.15. The summed E-state index contributed by atoms with van der Waals surface area (Å²) in [4.78, 5) is 47.4. The van der Waals surface area contributed by atoms with Gasteiger partial charge in [0, 0.05) is 25.5 Å². The number of nitrogens with one attached hydrogen (secondary N) is 2. The summed E-state index contributed by atoms with van der Waals surface area (Å²) in [5.74, 6) is -1.32. The molecule has 0 atom stereocenters. The van der Waals surface area contributed by atoms with E-state index in [4.69, 9.17) is 9.26 Å². The van der Waals surface area contributed by atoms with Gasteiger partial charge in [0.25, 0.3) is 5.91 Å². The van der Waals surface area contributed by atoms with Crippen LogP contribution in [0.15, 0.2) is 15.5 Å². The molecule has 0 radical (unpaired) electrons. The summed E-state index contributed by atoms with van der Waals surface area (Å²) in [6.45, 7) is 0.353. The molecule has 0 spiro atoms. The smallest absolute Gasteiger partial charge is 0.408 e. The van der Waals surface area contributed by atoms with Gasteiger partial charge in [-0.2, -0.15) is 0 Å². The first kappa shape index (κ1) is 19.7. The Morgan fingerprint density at radius 3 is 2.81 bits per heavy atom.